The Bertz CT molecular complexity index is 600. The first-order valence-corrected chi connectivity index (χ1v) is 8.03. The van der Waals surface area contributed by atoms with Crippen molar-refractivity contribution in [2.45, 2.75) is 18.9 Å². The molecular weight excluding hydrogens is 350 g/mol. The first kappa shape index (κ1) is 16.1. The van der Waals surface area contributed by atoms with Crippen LogP contribution >= 0.6 is 27.5 Å². The summed E-state index contributed by atoms with van der Waals surface area (Å²) in [5, 5.41) is 3.04. The van der Waals surface area contributed by atoms with Crippen molar-refractivity contribution in [2.75, 3.05) is 5.88 Å². The van der Waals surface area contributed by atoms with Crippen molar-refractivity contribution in [3.05, 3.63) is 70.2 Å². The van der Waals surface area contributed by atoms with Crippen LogP contribution in [0, 0.1) is 0 Å². The van der Waals surface area contributed by atoms with Gasteiger partial charge in [0.05, 0.1) is 12.0 Å². The van der Waals surface area contributed by atoms with Gasteiger partial charge in [0.15, 0.2) is 0 Å². The summed E-state index contributed by atoms with van der Waals surface area (Å²) in [5.41, 5.74) is 1.42. The molecule has 110 valence electrons. The highest BCUT2D eigenvalue weighted by molar-refractivity contribution is 9.10. The third kappa shape index (κ3) is 4.32. The number of halogens is 2. The van der Waals surface area contributed by atoms with Gasteiger partial charge in [-0.2, -0.15) is 0 Å². The van der Waals surface area contributed by atoms with Crippen LogP contribution in [0.15, 0.2) is 59.1 Å². The molecule has 0 aliphatic carbocycles. The minimum atomic E-state index is -0.560. The monoisotopic (exact) mass is 365 g/mol. The lowest BCUT2D eigenvalue weighted by Crippen LogP contribution is -2.45. The second kappa shape index (κ2) is 7.10. The molecule has 1 unspecified atom stereocenters. The summed E-state index contributed by atoms with van der Waals surface area (Å²) in [6, 6.07) is 17.5. The van der Waals surface area contributed by atoms with Crippen molar-refractivity contribution in [3.8, 4) is 0 Å². The summed E-state index contributed by atoms with van der Waals surface area (Å²) in [7, 11) is 0. The van der Waals surface area contributed by atoms with E-state index >= 15 is 0 Å². The van der Waals surface area contributed by atoms with E-state index in [4.69, 9.17) is 11.6 Å². The van der Waals surface area contributed by atoms with Crippen LogP contribution in [0.4, 0.5) is 0 Å². The van der Waals surface area contributed by atoms with Gasteiger partial charge in [0.1, 0.15) is 0 Å². The van der Waals surface area contributed by atoms with E-state index in [-0.39, 0.29) is 5.91 Å². The van der Waals surface area contributed by atoms with Crippen LogP contribution in [0.1, 0.15) is 18.1 Å². The molecule has 1 amide bonds. The summed E-state index contributed by atoms with van der Waals surface area (Å²) in [6.07, 6.45) is 0.340. The molecule has 1 atom stereocenters. The van der Waals surface area contributed by atoms with Crippen molar-refractivity contribution >= 4 is 33.4 Å². The smallest absolute Gasteiger partial charge is 0.225 e. The van der Waals surface area contributed by atoms with Gasteiger partial charge in [0.2, 0.25) is 5.91 Å². The number of carbonyl (C=O) groups excluding carboxylic acids is 1. The van der Waals surface area contributed by atoms with E-state index in [1.807, 2.05) is 61.5 Å². The van der Waals surface area contributed by atoms with E-state index in [1.54, 1.807) is 0 Å². The largest absolute Gasteiger partial charge is 0.345 e. The quantitative estimate of drug-likeness (QED) is 0.787. The predicted octanol–water partition coefficient (Wildman–Crippen LogP) is 4.26. The van der Waals surface area contributed by atoms with E-state index in [1.165, 1.54) is 0 Å². The molecule has 0 aromatic heterocycles. The lowest BCUT2D eigenvalue weighted by Gasteiger charge is -2.29. The summed E-state index contributed by atoms with van der Waals surface area (Å²) < 4.78 is 1.00. The second-order valence-corrected chi connectivity index (χ2v) is 6.37. The number of amides is 1. The van der Waals surface area contributed by atoms with E-state index in [2.05, 4.69) is 21.2 Å². The number of nitrogens with one attached hydrogen (secondary N) is 1. The topological polar surface area (TPSA) is 29.1 Å². The Morgan fingerprint density at radius 2 is 1.76 bits per heavy atom. The fourth-order valence-corrected chi connectivity index (χ4v) is 2.61. The van der Waals surface area contributed by atoms with E-state index < -0.39 is 5.54 Å². The number of benzene rings is 2. The third-order valence-electron chi connectivity index (χ3n) is 3.37. The molecule has 2 aromatic carbocycles. The highest BCUT2D eigenvalue weighted by Crippen LogP contribution is 2.22. The number of carbonyl (C=O) groups is 1. The molecule has 0 spiro atoms. The number of hydrogen-bond donors (Lipinski definition) is 1. The van der Waals surface area contributed by atoms with Crippen LogP contribution in [0.5, 0.6) is 0 Å². The summed E-state index contributed by atoms with van der Waals surface area (Å²) >= 11 is 9.47. The Morgan fingerprint density at radius 3 is 2.33 bits per heavy atom. The highest BCUT2D eigenvalue weighted by atomic mass is 79.9. The highest BCUT2D eigenvalue weighted by Gasteiger charge is 2.27. The molecule has 0 fully saturated rings. The van der Waals surface area contributed by atoms with Gasteiger partial charge in [-0.15, -0.1) is 11.6 Å². The number of alkyl halides is 1. The maximum Gasteiger partial charge on any atom is 0.225 e. The fraction of sp³-hybridized carbons (Fsp3) is 0.235. The van der Waals surface area contributed by atoms with Crippen LogP contribution in [-0.2, 0) is 16.8 Å². The molecule has 0 aliphatic rings. The van der Waals surface area contributed by atoms with Gasteiger partial charge in [-0.3, -0.25) is 4.79 Å². The lowest BCUT2D eigenvalue weighted by atomic mass is 9.93. The van der Waals surface area contributed by atoms with Crippen molar-refractivity contribution < 1.29 is 4.79 Å². The standard InChI is InChI=1S/C17H17BrClNO/c1-17(12-19,14-5-3-2-4-6-14)20-16(21)11-13-7-9-15(18)10-8-13/h2-10H,11-12H2,1H3,(H,20,21). The molecule has 0 bridgehead atoms. The van der Waals surface area contributed by atoms with Crippen molar-refractivity contribution in [3.63, 3.8) is 0 Å². The first-order chi connectivity index (χ1) is 10.0. The fourth-order valence-electron chi connectivity index (χ4n) is 2.13. The maximum atomic E-state index is 12.3. The Hall–Kier alpha value is -1.32. The zero-order valence-corrected chi connectivity index (χ0v) is 14.1. The van der Waals surface area contributed by atoms with Crippen molar-refractivity contribution in [1.82, 2.24) is 5.32 Å². The van der Waals surface area contributed by atoms with Crippen LogP contribution in [0.3, 0.4) is 0 Å². The Morgan fingerprint density at radius 1 is 1.14 bits per heavy atom. The number of rotatable bonds is 5. The van der Waals surface area contributed by atoms with Gasteiger partial charge < -0.3 is 5.32 Å². The molecule has 0 radical (unpaired) electrons. The molecule has 1 N–H and O–H groups in total. The minimum Gasteiger partial charge on any atom is -0.345 e. The Kier molecular flexibility index (Phi) is 5.43. The van der Waals surface area contributed by atoms with Gasteiger partial charge in [-0.1, -0.05) is 58.4 Å². The summed E-state index contributed by atoms with van der Waals surface area (Å²) in [5.74, 6) is 0.285. The second-order valence-electron chi connectivity index (χ2n) is 5.18. The maximum absolute atomic E-state index is 12.3. The van der Waals surface area contributed by atoms with Crippen molar-refractivity contribution in [1.29, 1.82) is 0 Å². The van der Waals surface area contributed by atoms with Crippen LogP contribution < -0.4 is 5.32 Å². The molecule has 0 saturated heterocycles. The normalized spacial score (nSPS) is 13.5. The predicted molar refractivity (Wildman–Crippen MR) is 90.5 cm³/mol. The lowest BCUT2D eigenvalue weighted by molar-refractivity contribution is -0.122. The molecule has 2 rings (SSSR count). The minimum absolute atomic E-state index is 0.0377. The molecule has 2 aromatic rings. The third-order valence-corrected chi connectivity index (χ3v) is 4.43. The first-order valence-electron chi connectivity index (χ1n) is 6.70. The molecule has 0 heterocycles. The van der Waals surface area contributed by atoms with E-state index in [9.17, 15) is 4.79 Å². The van der Waals surface area contributed by atoms with Gasteiger partial charge in [-0.25, -0.2) is 0 Å². The van der Waals surface area contributed by atoms with Gasteiger partial charge in [0.25, 0.3) is 0 Å². The molecular formula is C17H17BrClNO. The zero-order valence-electron chi connectivity index (χ0n) is 11.8. The molecule has 21 heavy (non-hydrogen) atoms. The van der Waals surface area contributed by atoms with E-state index in [0.717, 1.165) is 15.6 Å². The van der Waals surface area contributed by atoms with Gasteiger partial charge in [0, 0.05) is 10.4 Å². The van der Waals surface area contributed by atoms with E-state index in [0.29, 0.717) is 12.3 Å². The molecule has 2 nitrogen and oxygen atoms in total. The summed E-state index contributed by atoms with van der Waals surface area (Å²) in [4.78, 5) is 12.3. The SMILES string of the molecule is CC(CCl)(NC(=O)Cc1ccc(Br)cc1)c1ccccc1. The molecule has 0 saturated carbocycles. The van der Waals surface area contributed by atoms with Crippen LogP contribution in [0.25, 0.3) is 0 Å². The van der Waals surface area contributed by atoms with Gasteiger partial charge in [-0.05, 0) is 30.2 Å². The zero-order chi connectivity index (χ0) is 15.3. The molecule has 0 aliphatic heterocycles. The summed E-state index contributed by atoms with van der Waals surface area (Å²) in [6.45, 7) is 1.94. The average Bonchev–Trinajstić information content (AvgIpc) is 2.50. The Labute approximate surface area is 138 Å². The van der Waals surface area contributed by atoms with Crippen LogP contribution in [0.2, 0.25) is 0 Å². The van der Waals surface area contributed by atoms with Crippen LogP contribution in [-0.4, -0.2) is 11.8 Å². The average molecular weight is 367 g/mol. The number of hydrogen-bond acceptors (Lipinski definition) is 1. The van der Waals surface area contributed by atoms with Gasteiger partial charge >= 0.3 is 0 Å². The molecule has 4 heteroatoms. The Balaban J connectivity index is 2.08. The van der Waals surface area contributed by atoms with Crippen molar-refractivity contribution in [2.24, 2.45) is 0 Å².